The molecule has 8 nitrogen and oxygen atoms in total. The third kappa shape index (κ3) is 3.75. The molecule has 8 heteroatoms. The molecule has 2 amide bonds. The number of para-hydroxylation sites is 3. The van der Waals surface area contributed by atoms with Crippen LogP contribution in [0.3, 0.4) is 0 Å². The van der Waals surface area contributed by atoms with Crippen molar-refractivity contribution in [3.8, 4) is 5.75 Å². The number of aryl methyl sites for hydroxylation is 1. The van der Waals surface area contributed by atoms with Crippen LogP contribution in [0.15, 0.2) is 42.5 Å². The van der Waals surface area contributed by atoms with Crippen LogP contribution in [0.1, 0.15) is 15.9 Å². The summed E-state index contributed by atoms with van der Waals surface area (Å²) in [6, 6.07) is 11.9. The molecule has 1 aliphatic rings. The predicted molar refractivity (Wildman–Crippen MR) is 103 cm³/mol. The van der Waals surface area contributed by atoms with Gasteiger partial charge in [-0.15, -0.1) is 0 Å². The largest absolute Gasteiger partial charge is 0.477 e. The number of rotatable bonds is 4. The number of likely N-dealkylation sites (N-methyl/N-ethyl adjacent to an activating group) is 1. The van der Waals surface area contributed by atoms with Gasteiger partial charge in [0.25, 0.3) is 11.8 Å². The predicted octanol–water partition coefficient (Wildman–Crippen LogP) is 1.27. The highest BCUT2D eigenvalue weighted by Gasteiger charge is 2.33. The van der Waals surface area contributed by atoms with Gasteiger partial charge >= 0.3 is 5.97 Å². The zero-order chi connectivity index (χ0) is 20.3. The van der Waals surface area contributed by atoms with E-state index in [0.29, 0.717) is 17.1 Å². The third-order valence-corrected chi connectivity index (χ3v) is 4.48. The number of carbonyl (C=O) groups is 3. The van der Waals surface area contributed by atoms with E-state index < -0.39 is 24.6 Å². The van der Waals surface area contributed by atoms with Crippen molar-refractivity contribution in [2.75, 3.05) is 30.8 Å². The molecule has 1 unspecified atom stereocenters. The highest BCUT2D eigenvalue weighted by molar-refractivity contribution is 6.01. The smallest absolute Gasteiger partial charge is 0.340 e. The number of benzene rings is 2. The van der Waals surface area contributed by atoms with Crippen molar-refractivity contribution in [2.24, 2.45) is 0 Å². The maximum Gasteiger partial charge on any atom is 0.340 e. The van der Waals surface area contributed by atoms with Gasteiger partial charge in [-0.1, -0.05) is 24.3 Å². The Kier molecular flexibility index (Phi) is 5.49. The van der Waals surface area contributed by atoms with Crippen molar-refractivity contribution < 1.29 is 23.9 Å². The van der Waals surface area contributed by atoms with Crippen LogP contribution in [0.4, 0.5) is 11.4 Å². The van der Waals surface area contributed by atoms with Gasteiger partial charge in [-0.3, -0.25) is 9.59 Å². The summed E-state index contributed by atoms with van der Waals surface area (Å²) < 4.78 is 10.8. The summed E-state index contributed by atoms with van der Waals surface area (Å²) in [7, 11) is 1.49. The number of nitrogens with zero attached hydrogens (tertiary/aromatic N) is 1. The van der Waals surface area contributed by atoms with Gasteiger partial charge in [0.1, 0.15) is 5.75 Å². The van der Waals surface area contributed by atoms with E-state index in [1.165, 1.54) is 11.9 Å². The Morgan fingerprint density at radius 1 is 1.21 bits per heavy atom. The van der Waals surface area contributed by atoms with Gasteiger partial charge in [-0.05, 0) is 30.7 Å². The van der Waals surface area contributed by atoms with Crippen LogP contribution in [0.5, 0.6) is 5.75 Å². The molecule has 0 bridgehead atoms. The van der Waals surface area contributed by atoms with Crippen LogP contribution in [-0.4, -0.2) is 44.1 Å². The summed E-state index contributed by atoms with van der Waals surface area (Å²) >= 11 is 0. The van der Waals surface area contributed by atoms with Crippen molar-refractivity contribution >= 4 is 29.2 Å². The van der Waals surface area contributed by atoms with Crippen LogP contribution < -0.4 is 20.7 Å². The Labute approximate surface area is 162 Å². The number of ether oxygens (including phenoxy) is 2. The van der Waals surface area contributed by atoms with Gasteiger partial charge in [-0.2, -0.15) is 0 Å². The summed E-state index contributed by atoms with van der Waals surface area (Å²) in [4.78, 5) is 38.4. The van der Waals surface area contributed by atoms with Crippen LogP contribution in [-0.2, 0) is 14.3 Å². The van der Waals surface area contributed by atoms with E-state index in [1.807, 2.05) is 0 Å². The van der Waals surface area contributed by atoms with Crippen LogP contribution in [0.25, 0.3) is 0 Å². The van der Waals surface area contributed by atoms with Crippen molar-refractivity contribution in [3.05, 3.63) is 53.6 Å². The molecule has 2 aromatic rings. The molecule has 0 aliphatic carbocycles. The highest BCUT2D eigenvalue weighted by atomic mass is 16.5. The molecule has 1 aliphatic heterocycles. The number of hydrogen-bond acceptors (Lipinski definition) is 6. The van der Waals surface area contributed by atoms with Crippen LogP contribution in [0, 0.1) is 6.92 Å². The third-order valence-electron chi connectivity index (χ3n) is 4.48. The van der Waals surface area contributed by atoms with E-state index >= 15 is 0 Å². The van der Waals surface area contributed by atoms with Gasteiger partial charge in [0, 0.05) is 12.7 Å². The zero-order valence-electron chi connectivity index (χ0n) is 15.6. The van der Waals surface area contributed by atoms with Crippen LogP contribution in [0.2, 0.25) is 0 Å². The van der Waals surface area contributed by atoms with Crippen molar-refractivity contribution in [2.45, 2.75) is 13.0 Å². The minimum absolute atomic E-state index is 0.0135. The first-order valence-electron chi connectivity index (χ1n) is 8.72. The maximum atomic E-state index is 12.7. The molecule has 0 saturated carbocycles. The summed E-state index contributed by atoms with van der Waals surface area (Å²) in [5.41, 5.74) is 7.69. The number of nitrogen functional groups attached to an aromatic ring is 1. The number of anilines is 2. The fourth-order valence-electron chi connectivity index (χ4n) is 2.91. The number of amides is 2. The van der Waals surface area contributed by atoms with E-state index in [1.54, 1.807) is 49.4 Å². The molecule has 3 N–H and O–H groups in total. The molecule has 0 spiro atoms. The van der Waals surface area contributed by atoms with E-state index in [4.69, 9.17) is 15.2 Å². The second-order valence-corrected chi connectivity index (χ2v) is 6.31. The normalized spacial score (nSPS) is 15.2. The highest BCUT2D eigenvalue weighted by Crippen LogP contribution is 2.33. The number of esters is 1. The Balaban J connectivity index is 1.75. The standard InChI is InChI=1S/C20H21N3O5/c1-12-6-5-7-13(18(12)21)20(26)27-11-17(24)23-10-16(19(25)22-2)28-15-9-4-3-8-14(15)23/h3-9,16H,10-11,21H2,1-2H3,(H,22,25). The van der Waals surface area contributed by atoms with E-state index in [9.17, 15) is 14.4 Å². The molecule has 1 heterocycles. The van der Waals surface area contributed by atoms with Crippen LogP contribution >= 0.6 is 0 Å². The lowest BCUT2D eigenvalue weighted by Gasteiger charge is -2.33. The van der Waals surface area contributed by atoms with Crippen molar-refractivity contribution in [1.29, 1.82) is 0 Å². The lowest BCUT2D eigenvalue weighted by molar-refractivity contribution is -0.128. The van der Waals surface area contributed by atoms with Crippen molar-refractivity contribution in [1.82, 2.24) is 5.32 Å². The number of nitrogens with one attached hydrogen (secondary N) is 1. The second-order valence-electron chi connectivity index (χ2n) is 6.31. The Bertz CT molecular complexity index is 928. The Morgan fingerprint density at radius 2 is 1.96 bits per heavy atom. The Hall–Kier alpha value is -3.55. The fraction of sp³-hybridized carbons (Fsp3) is 0.250. The average Bonchev–Trinajstić information content (AvgIpc) is 2.72. The molecule has 0 saturated heterocycles. The average molecular weight is 383 g/mol. The number of nitrogens with two attached hydrogens (primary N) is 1. The molecular weight excluding hydrogens is 362 g/mol. The zero-order valence-corrected chi connectivity index (χ0v) is 15.6. The van der Waals surface area contributed by atoms with Gasteiger partial charge in [0.15, 0.2) is 12.7 Å². The summed E-state index contributed by atoms with van der Waals surface area (Å²) in [6.45, 7) is 1.31. The monoisotopic (exact) mass is 383 g/mol. The molecular formula is C20H21N3O5. The van der Waals surface area contributed by atoms with E-state index in [0.717, 1.165) is 5.56 Å². The quantitative estimate of drug-likeness (QED) is 0.608. The fourth-order valence-corrected chi connectivity index (χ4v) is 2.91. The van der Waals surface area contributed by atoms with Gasteiger partial charge in [-0.25, -0.2) is 4.79 Å². The van der Waals surface area contributed by atoms with E-state index in [2.05, 4.69) is 5.32 Å². The molecule has 0 aromatic heterocycles. The lowest BCUT2D eigenvalue weighted by atomic mass is 10.1. The maximum absolute atomic E-state index is 12.7. The second kappa shape index (κ2) is 7.99. The topological polar surface area (TPSA) is 111 Å². The first kappa shape index (κ1) is 19.2. The SMILES string of the molecule is CNC(=O)C1CN(C(=O)COC(=O)c2cccc(C)c2N)c2ccccc2O1. The first-order chi connectivity index (χ1) is 13.4. The van der Waals surface area contributed by atoms with Crippen molar-refractivity contribution in [3.63, 3.8) is 0 Å². The first-order valence-corrected chi connectivity index (χ1v) is 8.72. The summed E-state index contributed by atoms with van der Waals surface area (Å²) in [5.74, 6) is -1.09. The Morgan fingerprint density at radius 3 is 2.71 bits per heavy atom. The molecule has 0 radical (unpaired) electrons. The minimum atomic E-state index is -0.855. The molecule has 0 fully saturated rings. The number of hydrogen-bond donors (Lipinski definition) is 2. The number of fused-ring (bicyclic) bond motifs is 1. The van der Waals surface area contributed by atoms with Gasteiger partial charge in [0.2, 0.25) is 0 Å². The minimum Gasteiger partial charge on any atom is -0.477 e. The summed E-state index contributed by atoms with van der Waals surface area (Å²) in [5, 5.41) is 2.51. The summed E-state index contributed by atoms with van der Waals surface area (Å²) in [6.07, 6.45) is -0.855. The van der Waals surface area contributed by atoms with E-state index in [-0.39, 0.29) is 18.0 Å². The lowest BCUT2D eigenvalue weighted by Crippen LogP contribution is -2.51. The molecule has 28 heavy (non-hydrogen) atoms. The van der Waals surface area contributed by atoms with Gasteiger partial charge < -0.3 is 25.4 Å². The number of carbonyl (C=O) groups excluding carboxylic acids is 3. The molecule has 2 aromatic carbocycles. The van der Waals surface area contributed by atoms with Gasteiger partial charge in [0.05, 0.1) is 17.8 Å². The molecule has 1 atom stereocenters. The molecule has 3 rings (SSSR count). The molecule has 146 valence electrons.